The molecule has 0 radical (unpaired) electrons. The Labute approximate surface area is 97.4 Å². The summed E-state index contributed by atoms with van der Waals surface area (Å²) >= 11 is 6.07. The maximum atomic E-state index is 12.7. The lowest BCUT2D eigenvalue weighted by Gasteiger charge is -2.14. The molecular formula is C12H12ClF3. The first kappa shape index (κ1) is 11.8. The van der Waals surface area contributed by atoms with Gasteiger partial charge in [-0.3, -0.25) is 0 Å². The van der Waals surface area contributed by atoms with E-state index in [9.17, 15) is 13.2 Å². The molecule has 88 valence electrons. The second kappa shape index (κ2) is 4.28. The molecule has 0 amide bonds. The van der Waals surface area contributed by atoms with E-state index in [1.165, 1.54) is 12.1 Å². The van der Waals surface area contributed by atoms with E-state index in [0.29, 0.717) is 17.9 Å². The third-order valence-corrected chi connectivity index (χ3v) is 3.38. The van der Waals surface area contributed by atoms with Gasteiger partial charge in [0.1, 0.15) is 0 Å². The number of halogens is 4. The van der Waals surface area contributed by atoms with E-state index < -0.39 is 11.7 Å². The van der Waals surface area contributed by atoms with E-state index in [1.807, 2.05) is 0 Å². The van der Waals surface area contributed by atoms with Crippen molar-refractivity contribution in [1.29, 1.82) is 0 Å². The van der Waals surface area contributed by atoms with Crippen molar-refractivity contribution in [1.82, 2.24) is 0 Å². The molecule has 2 rings (SSSR count). The second-order valence-corrected chi connectivity index (χ2v) is 4.77. The Hall–Kier alpha value is -0.700. The van der Waals surface area contributed by atoms with Gasteiger partial charge in [0.05, 0.1) is 5.56 Å². The summed E-state index contributed by atoms with van der Waals surface area (Å²) in [5.41, 5.74) is -0.247. The maximum Gasteiger partial charge on any atom is 0.416 e. The third kappa shape index (κ3) is 2.70. The van der Waals surface area contributed by atoms with Gasteiger partial charge in [-0.2, -0.15) is 13.2 Å². The topological polar surface area (TPSA) is 0 Å². The number of rotatable bonds is 3. The minimum atomic E-state index is -4.28. The maximum absolute atomic E-state index is 12.7. The summed E-state index contributed by atoms with van der Waals surface area (Å²) in [6, 6.07) is 5.67. The normalized spacial score (nSPS) is 18.5. The molecule has 0 heterocycles. The lowest BCUT2D eigenvalue weighted by Crippen LogP contribution is -2.13. The summed E-state index contributed by atoms with van der Waals surface area (Å²) in [6.07, 6.45) is -1.89. The van der Waals surface area contributed by atoms with Gasteiger partial charge in [-0.05, 0) is 36.8 Å². The molecule has 4 heteroatoms. The second-order valence-electron chi connectivity index (χ2n) is 4.21. The van der Waals surface area contributed by atoms with Crippen molar-refractivity contribution < 1.29 is 13.2 Å². The predicted molar refractivity (Wildman–Crippen MR) is 57.5 cm³/mol. The Morgan fingerprint density at radius 2 is 1.88 bits per heavy atom. The van der Waals surface area contributed by atoms with Crippen LogP contribution in [0, 0.1) is 5.92 Å². The van der Waals surface area contributed by atoms with Gasteiger partial charge in [-0.15, -0.1) is 11.6 Å². The zero-order chi connectivity index (χ0) is 11.8. The molecule has 1 atom stereocenters. The largest absolute Gasteiger partial charge is 0.416 e. The first-order valence-corrected chi connectivity index (χ1v) is 5.71. The van der Waals surface area contributed by atoms with E-state index in [2.05, 4.69) is 0 Å². The summed E-state index contributed by atoms with van der Waals surface area (Å²) in [5, 5.41) is -0.163. The fourth-order valence-corrected chi connectivity index (χ4v) is 2.23. The quantitative estimate of drug-likeness (QED) is 0.701. The van der Waals surface area contributed by atoms with Crippen LogP contribution < -0.4 is 0 Å². The first-order chi connectivity index (χ1) is 7.48. The Kier molecular flexibility index (Phi) is 3.15. The lowest BCUT2D eigenvalue weighted by atomic mass is 10.0. The van der Waals surface area contributed by atoms with Crippen LogP contribution in [0.3, 0.4) is 0 Å². The van der Waals surface area contributed by atoms with Gasteiger partial charge in [-0.1, -0.05) is 18.2 Å². The Bertz CT molecular complexity index is 369. The molecule has 1 aromatic rings. The van der Waals surface area contributed by atoms with Crippen molar-refractivity contribution in [2.45, 2.75) is 30.8 Å². The predicted octanol–water partition coefficient (Wildman–Crippen LogP) is 4.27. The van der Waals surface area contributed by atoms with Crippen LogP contribution in [0.5, 0.6) is 0 Å². The highest BCUT2D eigenvalue weighted by Gasteiger charge is 2.35. The van der Waals surface area contributed by atoms with E-state index in [-0.39, 0.29) is 5.38 Å². The Morgan fingerprint density at radius 3 is 2.44 bits per heavy atom. The molecule has 1 saturated carbocycles. The number of hydrogen-bond acceptors (Lipinski definition) is 0. The highest BCUT2D eigenvalue weighted by atomic mass is 35.5. The fourth-order valence-electron chi connectivity index (χ4n) is 1.81. The van der Waals surface area contributed by atoms with Crippen LogP contribution in [0.2, 0.25) is 0 Å². The van der Waals surface area contributed by atoms with Crippen LogP contribution in [-0.4, -0.2) is 5.38 Å². The SMILES string of the molecule is FC(F)(F)c1ccccc1CC(Cl)C1CC1. The summed E-state index contributed by atoms with van der Waals surface area (Å²) in [5.74, 6) is 0.406. The van der Waals surface area contributed by atoms with Crippen LogP contribution in [0.1, 0.15) is 24.0 Å². The number of alkyl halides is 4. The third-order valence-electron chi connectivity index (χ3n) is 2.87. The summed E-state index contributed by atoms with van der Waals surface area (Å²) in [6.45, 7) is 0. The minimum absolute atomic E-state index is 0.163. The summed E-state index contributed by atoms with van der Waals surface area (Å²) < 4.78 is 38.0. The van der Waals surface area contributed by atoms with Crippen molar-refractivity contribution >= 4 is 11.6 Å². The smallest absolute Gasteiger partial charge is 0.166 e. The fraction of sp³-hybridized carbons (Fsp3) is 0.500. The first-order valence-electron chi connectivity index (χ1n) is 5.27. The standard InChI is InChI=1S/C12H12ClF3/c13-11(8-5-6-8)7-9-3-1-2-4-10(9)12(14,15)16/h1-4,8,11H,5-7H2. The van der Waals surface area contributed by atoms with Crippen LogP contribution in [0.15, 0.2) is 24.3 Å². The van der Waals surface area contributed by atoms with Gasteiger partial charge < -0.3 is 0 Å². The summed E-state index contributed by atoms with van der Waals surface area (Å²) in [7, 11) is 0. The molecule has 1 aliphatic rings. The van der Waals surface area contributed by atoms with Gasteiger partial charge in [0.25, 0.3) is 0 Å². The van der Waals surface area contributed by atoms with Crippen molar-refractivity contribution in [3.63, 3.8) is 0 Å². The Balaban J connectivity index is 2.19. The Morgan fingerprint density at radius 1 is 1.25 bits per heavy atom. The molecule has 1 unspecified atom stereocenters. The molecule has 0 aromatic heterocycles. The van der Waals surface area contributed by atoms with Crippen molar-refractivity contribution in [2.75, 3.05) is 0 Å². The lowest BCUT2D eigenvalue weighted by molar-refractivity contribution is -0.138. The number of hydrogen-bond donors (Lipinski definition) is 0. The molecule has 1 fully saturated rings. The van der Waals surface area contributed by atoms with E-state index in [0.717, 1.165) is 18.9 Å². The average Bonchev–Trinajstić information content (AvgIpc) is 2.99. The van der Waals surface area contributed by atoms with Crippen molar-refractivity contribution in [2.24, 2.45) is 5.92 Å². The zero-order valence-corrected chi connectivity index (χ0v) is 9.35. The summed E-state index contributed by atoms with van der Waals surface area (Å²) in [4.78, 5) is 0. The molecule has 1 aliphatic carbocycles. The molecule has 16 heavy (non-hydrogen) atoms. The van der Waals surface area contributed by atoms with Gasteiger partial charge in [0, 0.05) is 5.38 Å². The number of benzene rings is 1. The van der Waals surface area contributed by atoms with Gasteiger partial charge in [0.2, 0.25) is 0 Å². The monoisotopic (exact) mass is 248 g/mol. The highest BCUT2D eigenvalue weighted by molar-refractivity contribution is 6.21. The van der Waals surface area contributed by atoms with E-state index in [1.54, 1.807) is 6.07 Å². The van der Waals surface area contributed by atoms with E-state index >= 15 is 0 Å². The molecule has 0 bridgehead atoms. The van der Waals surface area contributed by atoms with Gasteiger partial charge in [0.15, 0.2) is 0 Å². The van der Waals surface area contributed by atoms with Crippen LogP contribution in [-0.2, 0) is 12.6 Å². The molecule has 0 spiro atoms. The molecular weight excluding hydrogens is 237 g/mol. The van der Waals surface area contributed by atoms with E-state index in [4.69, 9.17) is 11.6 Å². The van der Waals surface area contributed by atoms with Gasteiger partial charge >= 0.3 is 6.18 Å². The molecule has 0 aliphatic heterocycles. The van der Waals surface area contributed by atoms with Crippen molar-refractivity contribution in [3.8, 4) is 0 Å². The van der Waals surface area contributed by atoms with Crippen LogP contribution in [0.25, 0.3) is 0 Å². The highest BCUT2D eigenvalue weighted by Crippen LogP contribution is 2.39. The minimum Gasteiger partial charge on any atom is -0.166 e. The molecule has 1 aromatic carbocycles. The van der Waals surface area contributed by atoms with Crippen LogP contribution in [0.4, 0.5) is 13.2 Å². The zero-order valence-electron chi connectivity index (χ0n) is 8.60. The van der Waals surface area contributed by atoms with Crippen molar-refractivity contribution in [3.05, 3.63) is 35.4 Å². The molecule has 0 nitrogen and oxygen atoms in total. The molecule has 0 saturated heterocycles. The van der Waals surface area contributed by atoms with Crippen LogP contribution >= 0.6 is 11.6 Å². The van der Waals surface area contributed by atoms with Gasteiger partial charge in [-0.25, -0.2) is 0 Å². The average molecular weight is 249 g/mol. The molecule has 0 N–H and O–H groups in total.